The Morgan fingerprint density at radius 1 is 0.893 bits per heavy atom. The number of halogens is 1. The quantitative estimate of drug-likeness (QED) is 0.715. The summed E-state index contributed by atoms with van der Waals surface area (Å²) in [5.41, 5.74) is 1.97. The Kier molecular flexibility index (Phi) is 5.30. The lowest BCUT2D eigenvalue weighted by Gasteiger charge is -2.36. The van der Waals surface area contributed by atoms with Crippen molar-refractivity contribution < 1.29 is 0 Å². The van der Waals surface area contributed by atoms with Crippen LogP contribution in [0.15, 0.2) is 48.7 Å². The van der Waals surface area contributed by atoms with Crippen LogP contribution in [0.1, 0.15) is 11.4 Å². The van der Waals surface area contributed by atoms with Crippen LogP contribution in [-0.4, -0.2) is 41.1 Å². The molecule has 1 fully saturated rings. The zero-order chi connectivity index (χ0) is 19.5. The third-order valence-electron chi connectivity index (χ3n) is 4.85. The molecular formula is C21H23ClN6. The molecule has 3 heterocycles. The van der Waals surface area contributed by atoms with Gasteiger partial charge in [0.2, 0.25) is 0 Å². The van der Waals surface area contributed by atoms with Crippen LogP contribution in [0.3, 0.4) is 0 Å². The summed E-state index contributed by atoms with van der Waals surface area (Å²) in [7, 11) is 0. The minimum atomic E-state index is 0.738. The molecule has 0 saturated carbocycles. The van der Waals surface area contributed by atoms with Gasteiger partial charge in [0.05, 0.1) is 0 Å². The number of anilines is 4. The largest absolute Gasteiger partial charge is 0.353 e. The lowest BCUT2D eigenvalue weighted by atomic mass is 10.2. The molecule has 7 heteroatoms. The van der Waals surface area contributed by atoms with E-state index in [0.29, 0.717) is 0 Å². The Hall–Kier alpha value is -2.86. The second kappa shape index (κ2) is 8.02. The van der Waals surface area contributed by atoms with Gasteiger partial charge in [0.15, 0.2) is 0 Å². The van der Waals surface area contributed by atoms with E-state index in [0.717, 1.165) is 65.7 Å². The smallest absolute Gasteiger partial charge is 0.136 e. The molecule has 2 aromatic heterocycles. The molecule has 0 radical (unpaired) electrons. The minimum absolute atomic E-state index is 0.738. The molecule has 0 spiro atoms. The van der Waals surface area contributed by atoms with Crippen molar-refractivity contribution in [1.29, 1.82) is 0 Å². The SMILES string of the molecule is Cc1nc(Nc2ccc(C)c(Cl)c2)cc(N2CCN(c3ccccn3)CC2)n1. The second-order valence-corrected chi connectivity index (χ2v) is 7.32. The first kappa shape index (κ1) is 18.5. The van der Waals surface area contributed by atoms with Crippen molar-refractivity contribution in [3.8, 4) is 0 Å². The Bertz CT molecular complexity index is 954. The molecule has 3 aromatic rings. The summed E-state index contributed by atoms with van der Waals surface area (Å²) in [5.74, 6) is 3.48. The lowest BCUT2D eigenvalue weighted by molar-refractivity contribution is 0.640. The molecule has 1 aromatic carbocycles. The predicted molar refractivity (Wildman–Crippen MR) is 115 cm³/mol. The van der Waals surface area contributed by atoms with Crippen molar-refractivity contribution in [2.45, 2.75) is 13.8 Å². The van der Waals surface area contributed by atoms with E-state index >= 15 is 0 Å². The number of rotatable bonds is 4. The summed E-state index contributed by atoms with van der Waals surface area (Å²) >= 11 is 6.24. The van der Waals surface area contributed by atoms with Crippen LogP contribution in [0.25, 0.3) is 0 Å². The van der Waals surface area contributed by atoms with E-state index in [4.69, 9.17) is 11.6 Å². The first-order valence-corrected chi connectivity index (χ1v) is 9.76. The number of aryl methyl sites for hydroxylation is 2. The van der Waals surface area contributed by atoms with Gasteiger partial charge in [-0.3, -0.25) is 0 Å². The van der Waals surface area contributed by atoms with E-state index in [1.54, 1.807) is 0 Å². The van der Waals surface area contributed by atoms with Gasteiger partial charge in [-0.2, -0.15) is 0 Å². The molecule has 0 aliphatic carbocycles. The van der Waals surface area contributed by atoms with Crippen molar-refractivity contribution in [3.05, 3.63) is 65.1 Å². The maximum atomic E-state index is 6.24. The number of aromatic nitrogens is 3. The molecule has 0 bridgehead atoms. The fraction of sp³-hybridized carbons (Fsp3) is 0.286. The van der Waals surface area contributed by atoms with E-state index < -0.39 is 0 Å². The Morgan fingerprint density at radius 3 is 2.32 bits per heavy atom. The topological polar surface area (TPSA) is 57.2 Å². The van der Waals surface area contributed by atoms with Gasteiger partial charge in [-0.05, 0) is 43.7 Å². The van der Waals surface area contributed by atoms with Crippen LogP contribution in [0.4, 0.5) is 23.1 Å². The van der Waals surface area contributed by atoms with Crippen molar-refractivity contribution >= 4 is 34.7 Å². The molecule has 6 nitrogen and oxygen atoms in total. The fourth-order valence-electron chi connectivity index (χ4n) is 3.30. The van der Waals surface area contributed by atoms with E-state index in [-0.39, 0.29) is 0 Å². The zero-order valence-corrected chi connectivity index (χ0v) is 16.8. The van der Waals surface area contributed by atoms with Gasteiger partial charge < -0.3 is 15.1 Å². The number of nitrogens with zero attached hydrogens (tertiary/aromatic N) is 5. The second-order valence-electron chi connectivity index (χ2n) is 6.91. The van der Waals surface area contributed by atoms with Gasteiger partial charge in [-0.25, -0.2) is 15.0 Å². The minimum Gasteiger partial charge on any atom is -0.353 e. The molecule has 4 rings (SSSR count). The first-order valence-electron chi connectivity index (χ1n) is 9.38. The number of pyridine rings is 1. The van der Waals surface area contributed by atoms with Gasteiger partial charge in [-0.1, -0.05) is 23.7 Å². The van der Waals surface area contributed by atoms with E-state index in [1.165, 1.54) is 0 Å². The summed E-state index contributed by atoms with van der Waals surface area (Å²) in [5, 5.41) is 4.08. The average Bonchev–Trinajstić information content (AvgIpc) is 2.71. The molecule has 1 saturated heterocycles. The van der Waals surface area contributed by atoms with E-state index in [2.05, 4.69) is 36.1 Å². The monoisotopic (exact) mass is 394 g/mol. The standard InChI is InChI=1S/C21H23ClN6/c1-15-6-7-17(13-18(15)22)26-19-14-21(25-16(2)24-19)28-11-9-27(10-12-28)20-5-3-4-8-23-20/h3-8,13-14H,9-12H2,1-2H3,(H,24,25,26). The third kappa shape index (κ3) is 4.17. The highest BCUT2D eigenvalue weighted by Crippen LogP contribution is 2.25. The van der Waals surface area contributed by atoms with Crippen molar-refractivity contribution in [2.75, 3.05) is 41.3 Å². The summed E-state index contributed by atoms with van der Waals surface area (Å²) in [6, 6.07) is 13.9. The Morgan fingerprint density at radius 2 is 1.64 bits per heavy atom. The lowest BCUT2D eigenvalue weighted by Crippen LogP contribution is -2.47. The highest BCUT2D eigenvalue weighted by molar-refractivity contribution is 6.31. The van der Waals surface area contributed by atoms with Crippen LogP contribution in [0.5, 0.6) is 0 Å². The Labute approximate surface area is 170 Å². The molecular weight excluding hydrogens is 372 g/mol. The molecule has 1 N–H and O–H groups in total. The molecule has 0 atom stereocenters. The first-order chi connectivity index (χ1) is 13.6. The molecule has 0 amide bonds. The molecule has 1 aliphatic heterocycles. The molecule has 144 valence electrons. The van der Waals surface area contributed by atoms with E-state index in [9.17, 15) is 0 Å². The summed E-state index contributed by atoms with van der Waals surface area (Å²) < 4.78 is 0. The normalized spacial score (nSPS) is 14.2. The number of nitrogens with one attached hydrogen (secondary N) is 1. The van der Waals surface area contributed by atoms with Crippen LogP contribution in [-0.2, 0) is 0 Å². The van der Waals surface area contributed by atoms with Crippen LogP contribution >= 0.6 is 11.6 Å². The number of piperazine rings is 1. The van der Waals surface area contributed by atoms with Crippen molar-refractivity contribution in [3.63, 3.8) is 0 Å². The van der Waals surface area contributed by atoms with Gasteiger partial charge in [0.25, 0.3) is 0 Å². The van der Waals surface area contributed by atoms with Crippen LogP contribution < -0.4 is 15.1 Å². The third-order valence-corrected chi connectivity index (χ3v) is 5.25. The summed E-state index contributed by atoms with van der Waals surface area (Å²) in [6.07, 6.45) is 1.84. The van der Waals surface area contributed by atoms with Crippen LogP contribution in [0, 0.1) is 13.8 Å². The predicted octanol–water partition coefficient (Wildman–Crippen LogP) is 4.21. The van der Waals surface area contributed by atoms with Gasteiger partial charge in [0, 0.05) is 49.2 Å². The highest BCUT2D eigenvalue weighted by Gasteiger charge is 2.19. The van der Waals surface area contributed by atoms with Gasteiger partial charge in [0.1, 0.15) is 23.3 Å². The van der Waals surface area contributed by atoms with Gasteiger partial charge >= 0.3 is 0 Å². The molecule has 1 aliphatic rings. The van der Waals surface area contributed by atoms with Gasteiger partial charge in [-0.15, -0.1) is 0 Å². The number of hydrogen-bond acceptors (Lipinski definition) is 6. The van der Waals surface area contributed by atoms with Crippen molar-refractivity contribution in [1.82, 2.24) is 15.0 Å². The van der Waals surface area contributed by atoms with E-state index in [1.807, 2.05) is 56.4 Å². The highest BCUT2D eigenvalue weighted by atomic mass is 35.5. The van der Waals surface area contributed by atoms with Crippen LogP contribution in [0.2, 0.25) is 5.02 Å². The number of benzene rings is 1. The zero-order valence-electron chi connectivity index (χ0n) is 16.1. The van der Waals surface area contributed by atoms with Crippen molar-refractivity contribution in [2.24, 2.45) is 0 Å². The molecule has 28 heavy (non-hydrogen) atoms. The molecule has 0 unspecified atom stereocenters. The summed E-state index contributed by atoms with van der Waals surface area (Å²) in [6.45, 7) is 7.52. The maximum absolute atomic E-state index is 6.24. The Balaban J connectivity index is 1.47. The number of hydrogen-bond donors (Lipinski definition) is 1. The maximum Gasteiger partial charge on any atom is 0.136 e. The average molecular weight is 395 g/mol. The summed E-state index contributed by atoms with van der Waals surface area (Å²) in [4.78, 5) is 18.2. The fourth-order valence-corrected chi connectivity index (χ4v) is 3.48.